The van der Waals surface area contributed by atoms with Crippen molar-refractivity contribution >= 4 is 11.5 Å². The van der Waals surface area contributed by atoms with E-state index in [2.05, 4.69) is 11.6 Å². The summed E-state index contributed by atoms with van der Waals surface area (Å²) in [7, 11) is 0. The number of rotatable bonds is 4. The van der Waals surface area contributed by atoms with Gasteiger partial charge >= 0.3 is 0 Å². The highest BCUT2D eigenvalue weighted by atomic mass is 16.5. The average molecular weight is 293 g/mol. The molecule has 3 rings (SSSR count). The van der Waals surface area contributed by atoms with Gasteiger partial charge < -0.3 is 10.5 Å². The Labute approximate surface area is 129 Å². The number of nitrogens with zero attached hydrogens (tertiary/aromatic N) is 2. The lowest BCUT2D eigenvalue weighted by molar-refractivity contribution is 0.353. The van der Waals surface area contributed by atoms with Crippen LogP contribution in [-0.2, 0) is 0 Å². The van der Waals surface area contributed by atoms with Crippen LogP contribution in [0.2, 0.25) is 0 Å². The Balaban J connectivity index is 1.94. The highest BCUT2D eigenvalue weighted by Crippen LogP contribution is 2.28. The van der Waals surface area contributed by atoms with Crippen molar-refractivity contribution in [3.63, 3.8) is 0 Å². The Morgan fingerprint density at radius 3 is 2.64 bits per heavy atom. The van der Waals surface area contributed by atoms with Gasteiger partial charge in [0.2, 0.25) is 0 Å². The largest absolute Gasteiger partial charge is 0.489 e. The molecule has 0 amide bonds. The maximum Gasteiger partial charge on any atom is 0.139 e. The van der Waals surface area contributed by atoms with Crippen molar-refractivity contribution in [3.05, 3.63) is 60.3 Å². The highest BCUT2D eigenvalue weighted by molar-refractivity contribution is 5.75. The van der Waals surface area contributed by atoms with Crippen LogP contribution in [0.3, 0.4) is 0 Å². The lowest BCUT2D eigenvalue weighted by atomic mass is 10.1. The van der Waals surface area contributed by atoms with Crippen molar-refractivity contribution in [3.8, 4) is 17.0 Å². The number of fused-ring (bicyclic) bond motifs is 1. The second-order valence-electron chi connectivity index (χ2n) is 5.55. The van der Waals surface area contributed by atoms with Gasteiger partial charge in [-0.05, 0) is 55.3 Å². The van der Waals surface area contributed by atoms with E-state index in [4.69, 9.17) is 10.5 Å². The van der Waals surface area contributed by atoms with E-state index in [1.807, 2.05) is 60.8 Å². The fourth-order valence-electron chi connectivity index (χ4n) is 2.30. The normalized spacial score (nSPS) is 10.8. The molecule has 0 spiro atoms. The van der Waals surface area contributed by atoms with Crippen LogP contribution in [0, 0.1) is 6.92 Å². The number of hydrogen-bond acceptors (Lipinski definition) is 3. The summed E-state index contributed by atoms with van der Waals surface area (Å²) in [4.78, 5) is 4.61. The predicted molar refractivity (Wildman–Crippen MR) is 90.1 cm³/mol. The summed E-state index contributed by atoms with van der Waals surface area (Å²) in [6.07, 6.45) is 1.99. The topological polar surface area (TPSA) is 52.5 Å². The summed E-state index contributed by atoms with van der Waals surface area (Å²) in [6, 6.07) is 11.8. The maximum absolute atomic E-state index is 6.23. The minimum Gasteiger partial charge on any atom is -0.489 e. The number of pyridine rings is 1. The number of anilines is 1. The summed E-state index contributed by atoms with van der Waals surface area (Å²) in [5.74, 6) is 1.46. The van der Waals surface area contributed by atoms with Crippen LogP contribution in [0.1, 0.15) is 12.5 Å². The van der Waals surface area contributed by atoms with Crippen molar-refractivity contribution in [1.29, 1.82) is 0 Å². The van der Waals surface area contributed by atoms with E-state index in [1.54, 1.807) is 0 Å². The van der Waals surface area contributed by atoms with Crippen molar-refractivity contribution < 1.29 is 4.74 Å². The molecule has 0 aliphatic carbocycles. The molecule has 2 N–H and O–H groups in total. The van der Waals surface area contributed by atoms with Gasteiger partial charge in [-0.25, -0.2) is 4.98 Å². The van der Waals surface area contributed by atoms with Gasteiger partial charge in [0.05, 0.1) is 0 Å². The molecule has 0 aliphatic rings. The second kappa shape index (κ2) is 5.56. The number of nitrogens with two attached hydrogens (primary N) is 1. The van der Waals surface area contributed by atoms with Gasteiger partial charge in [0.25, 0.3) is 0 Å². The minimum absolute atomic E-state index is 0.523. The highest BCUT2D eigenvalue weighted by Gasteiger charge is 2.11. The van der Waals surface area contributed by atoms with E-state index >= 15 is 0 Å². The van der Waals surface area contributed by atoms with Crippen LogP contribution in [-0.4, -0.2) is 16.0 Å². The number of aryl methyl sites for hydroxylation is 1. The fraction of sp³-hybridized carbons (Fsp3) is 0.167. The number of hydrogen-bond donors (Lipinski definition) is 1. The second-order valence-corrected chi connectivity index (χ2v) is 5.55. The molecule has 2 aromatic heterocycles. The van der Waals surface area contributed by atoms with E-state index in [1.165, 1.54) is 0 Å². The molecule has 0 aliphatic heterocycles. The molecule has 3 aromatic rings. The Morgan fingerprint density at radius 1 is 1.23 bits per heavy atom. The summed E-state index contributed by atoms with van der Waals surface area (Å²) in [5, 5.41) is 0. The van der Waals surface area contributed by atoms with Crippen molar-refractivity contribution in [2.45, 2.75) is 13.8 Å². The van der Waals surface area contributed by atoms with E-state index < -0.39 is 0 Å². The molecule has 22 heavy (non-hydrogen) atoms. The monoisotopic (exact) mass is 293 g/mol. The number of ether oxygens (including phenoxy) is 1. The number of aromatic nitrogens is 2. The molecule has 112 valence electrons. The Morgan fingerprint density at radius 2 is 1.95 bits per heavy atom. The zero-order valence-electron chi connectivity index (χ0n) is 12.8. The van der Waals surface area contributed by atoms with Crippen LogP contribution in [0.4, 0.5) is 5.82 Å². The molecular weight excluding hydrogens is 274 g/mol. The van der Waals surface area contributed by atoms with E-state index in [0.717, 1.165) is 33.8 Å². The molecule has 0 saturated heterocycles. The molecular formula is C18H19N3O. The van der Waals surface area contributed by atoms with Crippen LogP contribution in [0.5, 0.6) is 5.75 Å². The lowest BCUT2D eigenvalue weighted by Crippen LogP contribution is -1.97. The van der Waals surface area contributed by atoms with Crippen molar-refractivity contribution in [1.82, 2.24) is 9.38 Å². The molecule has 4 heteroatoms. The molecule has 0 bridgehead atoms. The Bertz CT molecular complexity index is 831. The predicted octanol–water partition coefficient (Wildman–Crippen LogP) is 3.85. The summed E-state index contributed by atoms with van der Waals surface area (Å²) in [6.45, 7) is 8.32. The van der Waals surface area contributed by atoms with Crippen LogP contribution >= 0.6 is 0 Å². The van der Waals surface area contributed by atoms with Crippen molar-refractivity contribution in [2.24, 2.45) is 0 Å². The molecule has 0 unspecified atom stereocenters. The molecule has 0 saturated carbocycles. The molecule has 4 nitrogen and oxygen atoms in total. The van der Waals surface area contributed by atoms with Gasteiger partial charge in [-0.1, -0.05) is 12.6 Å². The van der Waals surface area contributed by atoms with Crippen molar-refractivity contribution in [2.75, 3.05) is 12.3 Å². The SMILES string of the molecule is C=C(C)COc1ccc(-c2nc3ccc(C)cn3c2N)cc1. The van der Waals surface area contributed by atoms with Crippen LogP contribution in [0.15, 0.2) is 54.7 Å². The number of imidazole rings is 1. The summed E-state index contributed by atoms with van der Waals surface area (Å²) < 4.78 is 7.52. The van der Waals surface area contributed by atoms with E-state index in [9.17, 15) is 0 Å². The molecule has 2 heterocycles. The maximum atomic E-state index is 6.23. The van der Waals surface area contributed by atoms with Crippen LogP contribution < -0.4 is 10.5 Å². The molecule has 0 radical (unpaired) electrons. The average Bonchev–Trinajstić information content (AvgIpc) is 2.83. The standard InChI is InChI=1S/C18H19N3O/c1-12(2)11-22-15-7-5-14(6-8-15)17-18(19)21-10-13(3)4-9-16(21)20-17/h4-10H,1,11,19H2,2-3H3. The van der Waals surface area contributed by atoms with Gasteiger partial charge in [-0.2, -0.15) is 0 Å². The zero-order valence-corrected chi connectivity index (χ0v) is 12.8. The van der Waals surface area contributed by atoms with E-state index in [0.29, 0.717) is 12.4 Å². The third kappa shape index (κ3) is 2.68. The number of benzene rings is 1. The van der Waals surface area contributed by atoms with E-state index in [-0.39, 0.29) is 0 Å². The quantitative estimate of drug-likeness (QED) is 0.743. The third-order valence-electron chi connectivity index (χ3n) is 3.42. The van der Waals surface area contributed by atoms with Gasteiger partial charge in [-0.3, -0.25) is 4.40 Å². The van der Waals surface area contributed by atoms with Gasteiger partial charge in [-0.15, -0.1) is 0 Å². The first-order chi connectivity index (χ1) is 10.5. The fourth-order valence-corrected chi connectivity index (χ4v) is 2.30. The van der Waals surface area contributed by atoms with Gasteiger partial charge in [0, 0.05) is 11.8 Å². The lowest BCUT2D eigenvalue weighted by Gasteiger charge is -2.06. The Hall–Kier alpha value is -2.75. The van der Waals surface area contributed by atoms with Crippen LogP contribution in [0.25, 0.3) is 16.9 Å². The first-order valence-corrected chi connectivity index (χ1v) is 7.16. The molecule has 1 aromatic carbocycles. The third-order valence-corrected chi connectivity index (χ3v) is 3.42. The summed E-state index contributed by atoms with van der Waals surface area (Å²) >= 11 is 0. The van der Waals surface area contributed by atoms with Gasteiger partial charge in [0.1, 0.15) is 29.5 Å². The molecule has 0 atom stereocenters. The first kappa shape index (κ1) is 14.2. The van der Waals surface area contributed by atoms with Gasteiger partial charge in [0.15, 0.2) is 0 Å². The summed E-state index contributed by atoms with van der Waals surface area (Å²) in [5.41, 5.74) is 11.0. The first-order valence-electron chi connectivity index (χ1n) is 7.16. The number of nitrogen functional groups attached to an aromatic ring is 1. The zero-order chi connectivity index (χ0) is 15.7. The molecule has 0 fully saturated rings. The smallest absolute Gasteiger partial charge is 0.139 e. The Kier molecular flexibility index (Phi) is 3.59. The minimum atomic E-state index is 0.523.